The lowest BCUT2D eigenvalue weighted by molar-refractivity contribution is -0.148. The number of hydrogen-bond acceptors (Lipinski definition) is 7. The molecule has 0 bridgehead atoms. The Morgan fingerprint density at radius 3 is 2.65 bits per heavy atom. The molecule has 210 valence electrons. The first-order chi connectivity index (χ1) is 19.1. The summed E-state index contributed by atoms with van der Waals surface area (Å²) in [5.74, 6) is -1.97. The zero-order chi connectivity index (χ0) is 28.6. The van der Waals surface area contributed by atoms with Gasteiger partial charge < -0.3 is 11.1 Å². The molecule has 2 aromatic heterocycles. The van der Waals surface area contributed by atoms with E-state index in [9.17, 15) is 27.6 Å². The van der Waals surface area contributed by atoms with E-state index in [2.05, 4.69) is 15.3 Å². The van der Waals surface area contributed by atoms with Crippen LogP contribution in [0.3, 0.4) is 0 Å². The Morgan fingerprint density at radius 1 is 1.20 bits per heavy atom. The van der Waals surface area contributed by atoms with Crippen LogP contribution in [0.15, 0.2) is 42.6 Å². The predicted molar refractivity (Wildman–Crippen MR) is 140 cm³/mol. The van der Waals surface area contributed by atoms with Crippen molar-refractivity contribution in [2.24, 2.45) is 11.7 Å². The maximum Gasteiger partial charge on any atom is 0.433 e. The summed E-state index contributed by atoms with van der Waals surface area (Å²) in [7, 11) is 0. The summed E-state index contributed by atoms with van der Waals surface area (Å²) < 4.78 is 38.7. The van der Waals surface area contributed by atoms with Gasteiger partial charge in [-0.1, -0.05) is 31.2 Å². The molecule has 0 unspecified atom stereocenters. The second-order valence-electron chi connectivity index (χ2n) is 9.74. The highest BCUT2D eigenvalue weighted by molar-refractivity contribution is 7.17. The number of nitrogens with one attached hydrogen (secondary N) is 1. The molecule has 5 rings (SSSR count). The molecular formula is C27H27F3N6O3S. The Hall–Kier alpha value is -3.84. The normalized spacial score (nSPS) is 18.1. The van der Waals surface area contributed by atoms with E-state index in [-0.39, 0.29) is 33.8 Å². The summed E-state index contributed by atoms with van der Waals surface area (Å²) in [6, 6.07) is 8.74. The average Bonchev–Trinajstić information content (AvgIpc) is 3.55. The summed E-state index contributed by atoms with van der Waals surface area (Å²) in [5.41, 5.74) is 6.80. The van der Waals surface area contributed by atoms with Crippen molar-refractivity contribution in [1.82, 2.24) is 25.3 Å². The van der Waals surface area contributed by atoms with Crippen molar-refractivity contribution in [3.05, 3.63) is 70.0 Å². The number of nitrogens with zero attached hydrogens (tertiary/aromatic N) is 4. The van der Waals surface area contributed by atoms with E-state index >= 15 is 0 Å². The molecule has 0 saturated carbocycles. The van der Waals surface area contributed by atoms with Crippen molar-refractivity contribution in [2.45, 2.75) is 44.9 Å². The number of carbonyl (C=O) groups is 3. The molecule has 1 saturated heterocycles. The summed E-state index contributed by atoms with van der Waals surface area (Å²) in [6.07, 6.45) is -2.25. The maximum absolute atomic E-state index is 13.5. The van der Waals surface area contributed by atoms with E-state index in [1.807, 2.05) is 36.2 Å². The Labute approximate surface area is 232 Å². The first-order valence-corrected chi connectivity index (χ1v) is 13.7. The zero-order valence-corrected chi connectivity index (χ0v) is 22.4. The standard InChI is InChI=1S/C27H27F3N6O3S/c1-2-15(12-19-22(23(31)37)40-25(33-19)16-8-9-20(32-13-16)27(28,29)30)24(38)34-21-18-7-4-3-6-17(18)14-35-10-5-11-36(35)26(21)39/h3-4,6-9,13,15,21H,2,5,10-12,14H2,1H3,(H2,31,37)(H,34,38)/t15-,21+/m1/s1. The molecule has 1 fully saturated rings. The van der Waals surface area contributed by atoms with Crippen molar-refractivity contribution >= 4 is 29.1 Å². The number of alkyl halides is 3. The summed E-state index contributed by atoms with van der Waals surface area (Å²) in [5, 5.41) is 6.90. The van der Waals surface area contributed by atoms with Crippen LogP contribution in [0.25, 0.3) is 10.6 Å². The number of nitrogens with two attached hydrogens (primary N) is 1. The predicted octanol–water partition coefficient (Wildman–Crippen LogP) is 3.71. The minimum Gasteiger partial charge on any atom is -0.365 e. The number of fused-ring (bicyclic) bond motifs is 2. The first kappa shape index (κ1) is 27.7. The molecule has 9 nitrogen and oxygen atoms in total. The van der Waals surface area contributed by atoms with Gasteiger partial charge in [0.05, 0.1) is 5.69 Å². The molecule has 0 aliphatic carbocycles. The third-order valence-electron chi connectivity index (χ3n) is 7.16. The van der Waals surface area contributed by atoms with Gasteiger partial charge in [-0.3, -0.25) is 24.4 Å². The van der Waals surface area contributed by atoms with E-state index in [1.54, 1.807) is 5.01 Å². The van der Waals surface area contributed by atoms with E-state index in [1.165, 1.54) is 6.07 Å². The van der Waals surface area contributed by atoms with Gasteiger partial charge in [0.15, 0.2) is 0 Å². The van der Waals surface area contributed by atoms with Crippen LogP contribution in [0.1, 0.15) is 58.0 Å². The molecule has 3 amide bonds. The summed E-state index contributed by atoms with van der Waals surface area (Å²) in [4.78, 5) is 47.3. The molecule has 13 heteroatoms. The van der Waals surface area contributed by atoms with Gasteiger partial charge in [-0.25, -0.2) is 9.99 Å². The van der Waals surface area contributed by atoms with E-state index in [0.717, 1.165) is 47.7 Å². The minimum atomic E-state index is -4.58. The number of hydrogen-bond donors (Lipinski definition) is 2. The van der Waals surface area contributed by atoms with Gasteiger partial charge in [0.2, 0.25) is 5.91 Å². The van der Waals surface area contributed by atoms with Crippen LogP contribution in [0, 0.1) is 5.92 Å². The molecule has 2 aliphatic heterocycles. The highest BCUT2D eigenvalue weighted by Crippen LogP contribution is 2.33. The highest BCUT2D eigenvalue weighted by Gasteiger charge is 2.39. The topological polar surface area (TPSA) is 122 Å². The molecule has 0 radical (unpaired) electrons. The highest BCUT2D eigenvalue weighted by atomic mass is 32.1. The van der Waals surface area contributed by atoms with Crippen LogP contribution in [-0.2, 0) is 28.7 Å². The van der Waals surface area contributed by atoms with Gasteiger partial charge >= 0.3 is 6.18 Å². The van der Waals surface area contributed by atoms with Crippen molar-refractivity contribution < 1.29 is 27.6 Å². The molecule has 40 heavy (non-hydrogen) atoms. The Kier molecular flexibility index (Phi) is 7.60. The molecule has 4 heterocycles. The first-order valence-electron chi connectivity index (χ1n) is 12.8. The lowest BCUT2D eigenvalue weighted by Gasteiger charge is -2.28. The van der Waals surface area contributed by atoms with E-state index in [0.29, 0.717) is 25.1 Å². The molecule has 2 atom stereocenters. The summed E-state index contributed by atoms with van der Waals surface area (Å²) >= 11 is 0.933. The lowest BCUT2D eigenvalue weighted by atomic mass is 9.95. The largest absolute Gasteiger partial charge is 0.433 e. The van der Waals surface area contributed by atoms with Gasteiger partial charge in [-0.15, -0.1) is 11.3 Å². The van der Waals surface area contributed by atoms with Crippen LogP contribution >= 0.6 is 11.3 Å². The van der Waals surface area contributed by atoms with Gasteiger partial charge in [-0.2, -0.15) is 13.2 Å². The number of primary amides is 1. The summed E-state index contributed by atoms with van der Waals surface area (Å²) in [6.45, 7) is 3.73. The minimum absolute atomic E-state index is 0.0591. The fourth-order valence-electron chi connectivity index (χ4n) is 5.07. The van der Waals surface area contributed by atoms with E-state index < -0.39 is 29.7 Å². The number of halogens is 3. The number of thiazole rings is 1. The lowest BCUT2D eigenvalue weighted by Crippen LogP contribution is -2.46. The Morgan fingerprint density at radius 2 is 1.98 bits per heavy atom. The molecule has 0 spiro atoms. The van der Waals surface area contributed by atoms with Crippen molar-refractivity contribution in [3.63, 3.8) is 0 Å². The number of benzene rings is 1. The van der Waals surface area contributed by atoms with Gasteiger partial charge in [0.25, 0.3) is 11.8 Å². The fraction of sp³-hybridized carbons (Fsp3) is 0.370. The number of hydrazine groups is 1. The SMILES string of the molecule is CC[C@H](Cc1nc(-c2ccc(C(F)(F)F)nc2)sc1C(N)=O)C(=O)N[C@@H]1C(=O)N2CCCN2Cc2ccccc21. The Balaban J connectivity index is 1.39. The zero-order valence-electron chi connectivity index (χ0n) is 21.6. The quantitative estimate of drug-likeness (QED) is 0.445. The van der Waals surface area contributed by atoms with Gasteiger partial charge in [0, 0.05) is 43.7 Å². The van der Waals surface area contributed by atoms with Crippen LogP contribution in [-0.4, -0.2) is 50.8 Å². The molecular weight excluding hydrogens is 545 g/mol. The van der Waals surface area contributed by atoms with Crippen LogP contribution < -0.4 is 11.1 Å². The monoisotopic (exact) mass is 572 g/mol. The maximum atomic E-state index is 13.5. The van der Waals surface area contributed by atoms with Crippen LogP contribution in [0.5, 0.6) is 0 Å². The number of amides is 3. The smallest absolute Gasteiger partial charge is 0.365 e. The molecule has 2 aliphatic rings. The van der Waals surface area contributed by atoms with Crippen LogP contribution in [0.2, 0.25) is 0 Å². The average molecular weight is 573 g/mol. The Bertz CT molecular complexity index is 1440. The van der Waals surface area contributed by atoms with Crippen molar-refractivity contribution in [3.8, 4) is 10.6 Å². The van der Waals surface area contributed by atoms with Crippen LogP contribution in [0.4, 0.5) is 13.2 Å². The second-order valence-corrected chi connectivity index (χ2v) is 10.7. The number of carbonyl (C=O) groups excluding carboxylic acids is 3. The van der Waals surface area contributed by atoms with Crippen molar-refractivity contribution in [2.75, 3.05) is 13.1 Å². The fourth-order valence-corrected chi connectivity index (χ4v) is 6.00. The number of aromatic nitrogens is 2. The van der Waals surface area contributed by atoms with Gasteiger partial charge in [0.1, 0.15) is 21.6 Å². The molecule has 3 N–H and O–H groups in total. The molecule has 1 aromatic carbocycles. The van der Waals surface area contributed by atoms with Gasteiger partial charge in [-0.05, 0) is 36.1 Å². The number of pyridine rings is 1. The van der Waals surface area contributed by atoms with E-state index in [4.69, 9.17) is 5.73 Å². The third kappa shape index (κ3) is 5.43. The number of rotatable bonds is 7. The second kappa shape index (κ2) is 11.0. The third-order valence-corrected chi connectivity index (χ3v) is 8.32. The van der Waals surface area contributed by atoms with Crippen molar-refractivity contribution in [1.29, 1.82) is 0 Å². The molecule has 3 aromatic rings.